The largest absolute Gasteiger partial charge is 0.691 e. The van der Waals surface area contributed by atoms with Gasteiger partial charge in [-0.25, -0.2) is 0 Å². The van der Waals surface area contributed by atoms with Gasteiger partial charge in [0, 0.05) is 41.5 Å². The van der Waals surface area contributed by atoms with Crippen molar-refractivity contribution in [1.82, 2.24) is 0 Å². The molecular weight excluding hydrogens is 598 g/mol. The van der Waals surface area contributed by atoms with Gasteiger partial charge >= 0.3 is 5.89 Å². The molecule has 0 radical (unpaired) electrons. The predicted molar refractivity (Wildman–Crippen MR) is 174 cm³/mol. The van der Waals surface area contributed by atoms with E-state index in [1.807, 2.05) is 24.3 Å². The molecule has 0 atom stereocenters. The van der Waals surface area contributed by atoms with Crippen LogP contribution in [0.5, 0.6) is 5.75 Å². The number of fused-ring (bicyclic) bond motifs is 2. The number of hydrogen-bond acceptors (Lipinski definition) is 7. The number of aryl methyl sites for hydroxylation is 1. The summed E-state index contributed by atoms with van der Waals surface area (Å²) >= 11 is 7.33. The van der Waals surface area contributed by atoms with Crippen LogP contribution < -0.4 is 19.5 Å². The molecule has 1 aliphatic heterocycles. The highest BCUT2D eigenvalue weighted by atomic mass is 35.5. The highest BCUT2D eigenvalue weighted by molar-refractivity contribution is 7.94. The lowest BCUT2D eigenvalue weighted by Gasteiger charge is -2.22. The SMILES string of the molecule is CCC(=Cc1oc2ccc(-c3ccccc3)cc2[n+]1CCC[N+](C)(C)C)C=C1Oc2ccc(Cl)cc2N1CCCSOO[O-]. The molecule has 2 heterocycles. The maximum absolute atomic E-state index is 10.2. The number of allylic oxidation sites excluding steroid dienone is 2. The third-order valence-corrected chi connectivity index (χ3v) is 8.29. The van der Waals surface area contributed by atoms with Gasteiger partial charge in [0.25, 0.3) is 5.52 Å². The molecule has 0 aliphatic carbocycles. The van der Waals surface area contributed by atoms with Gasteiger partial charge in [-0.05, 0) is 53.8 Å². The van der Waals surface area contributed by atoms with Gasteiger partial charge in [-0.2, -0.15) is 8.90 Å². The highest BCUT2D eigenvalue weighted by Crippen LogP contribution is 2.41. The van der Waals surface area contributed by atoms with Gasteiger partial charge in [0.2, 0.25) is 11.5 Å². The lowest BCUT2D eigenvalue weighted by molar-refractivity contribution is -0.873. The van der Waals surface area contributed by atoms with E-state index in [1.165, 1.54) is 5.56 Å². The van der Waals surface area contributed by atoms with E-state index < -0.39 is 0 Å². The van der Waals surface area contributed by atoms with Crippen molar-refractivity contribution in [2.24, 2.45) is 0 Å². The minimum Gasteiger partial charge on any atom is -0.691 e. The van der Waals surface area contributed by atoms with Crippen LogP contribution in [0.4, 0.5) is 5.69 Å². The first kappa shape index (κ1) is 32.1. The number of oxazole rings is 1. The molecule has 0 fully saturated rings. The fourth-order valence-electron chi connectivity index (χ4n) is 5.26. The summed E-state index contributed by atoms with van der Waals surface area (Å²) in [6.07, 6.45) is 6.69. The number of nitrogens with zero attached hydrogens (tertiary/aromatic N) is 3. The first-order valence-electron chi connectivity index (χ1n) is 14.8. The molecule has 1 aromatic heterocycles. The second-order valence-corrected chi connectivity index (χ2v) is 13.0. The molecule has 0 saturated carbocycles. The summed E-state index contributed by atoms with van der Waals surface area (Å²) < 4.78 is 20.4. The summed E-state index contributed by atoms with van der Waals surface area (Å²) in [4.78, 5) is 2.10. The second kappa shape index (κ2) is 14.6. The Morgan fingerprint density at radius 2 is 1.86 bits per heavy atom. The molecule has 0 N–H and O–H groups in total. The maximum atomic E-state index is 10.2. The van der Waals surface area contributed by atoms with Crippen molar-refractivity contribution in [3.63, 3.8) is 0 Å². The quantitative estimate of drug-likeness (QED) is 0.0371. The number of hydrogen-bond donors (Lipinski definition) is 0. The first-order chi connectivity index (χ1) is 21.3. The maximum Gasteiger partial charge on any atom is 0.374 e. The Morgan fingerprint density at radius 1 is 1.05 bits per heavy atom. The van der Waals surface area contributed by atoms with Crippen LogP contribution in [0.2, 0.25) is 5.02 Å². The molecule has 1 aliphatic rings. The van der Waals surface area contributed by atoms with Gasteiger partial charge in [0.1, 0.15) is 0 Å². The number of aromatic nitrogens is 1. The number of ether oxygens (including phenoxy) is 1. The summed E-state index contributed by atoms with van der Waals surface area (Å²) in [7, 11) is 6.65. The van der Waals surface area contributed by atoms with Gasteiger partial charge in [-0.15, -0.1) is 0 Å². The molecule has 0 bridgehead atoms. The number of anilines is 1. The van der Waals surface area contributed by atoms with Crippen molar-refractivity contribution in [2.75, 3.05) is 44.9 Å². The topological polar surface area (TPSA) is 71.0 Å². The zero-order valence-electron chi connectivity index (χ0n) is 25.6. The van der Waals surface area contributed by atoms with E-state index in [-0.39, 0.29) is 0 Å². The molecule has 0 saturated heterocycles. The molecule has 10 heteroatoms. The van der Waals surface area contributed by atoms with E-state index in [0.717, 1.165) is 88.4 Å². The van der Waals surface area contributed by atoms with E-state index in [9.17, 15) is 5.26 Å². The summed E-state index contributed by atoms with van der Waals surface area (Å²) in [6, 6.07) is 22.4. The van der Waals surface area contributed by atoms with Crippen molar-refractivity contribution < 1.29 is 32.8 Å². The van der Waals surface area contributed by atoms with Crippen LogP contribution in [0.15, 0.2) is 88.7 Å². The predicted octanol–water partition coefficient (Wildman–Crippen LogP) is 6.93. The van der Waals surface area contributed by atoms with Gasteiger partial charge in [0.15, 0.2) is 12.3 Å². The summed E-state index contributed by atoms with van der Waals surface area (Å²) in [5.41, 5.74) is 6.22. The molecular formula is C34H39ClN3O5S+. The Morgan fingerprint density at radius 3 is 2.61 bits per heavy atom. The van der Waals surface area contributed by atoms with Crippen LogP contribution in [0.3, 0.4) is 0 Å². The molecule has 232 valence electrons. The Kier molecular flexibility index (Phi) is 10.7. The fourth-order valence-corrected chi connectivity index (χ4v) is 5.78. The van der Waals surface area contributed by atoms with E-state index >= 15 is 0 Å². The van der Waals surface area contributed by atoms with Crippen LogP contribution in [0.25, 0.3) is 28.3 Å². The van der Waals surface area contributed by atoms with Crippen LogP contribution in [-0.2, 0) is 15.9 Å². The monoisotopic (exact) mass is 636 g/mol. The normalized spacial score (nSPS) is 14.5. The molecule has 0 unspecified atom stereocenters. The zero-order chi connectivity index (χ0) is 31.1. The fraction of sp³-hybridized carbons (Fsp3) is 0.324. The second-order valence-electron chi connectivity index (χ2n) is 11.7. The minimum atomic E-state index is 0.579. The van der Waals surface area contributed by atoms with Gasteiger partial charge < -0.3 is 23.8 Å². The standard InChI is InChI=1S/C34H39ClN3O5S/c1-5-25(22-34-37(18-10-20-44-43-42-39)30-24-28(35)14-16-32(30)41-34)21-33-36(17-9-19-38(2,3)4)29-23-27(13-15-31(29)40-33)26-11-7-6-8-12-26/h6-8,11-16,21-24H,5,9-10,17-20H2,1-4H3/q+1. The van der Waals surface area contributed by atoms with E-state index in [2.05, 4.69) is 102 Å². The number of quaternary nitrogens is 1. The average molecular weight is 637 g/mol. The number of halogens is 1. The molecule has 8 nitrogen and oxygen atoms in total. The van der Waals surface area contributed by atoms with Crippen molar-refractivity contribution in [2.45, 2.75) is 32.7 Å². The average Bonchev–Trinajstić information content (AvgIpc) is 3.52. The summed E-state index contributed by atoms with van der Waals surface area (Å²) in [6.45, 7) is 4.64. The molecule has 0 spiro atoms. The minimum absolute atomic E-state index is 0.579. The van der Waals surface area contributed by atoms with Crippen molar-refractivity contribution in [1.29, 1.82) is 0 Å². The van der Waals surface area contributed by atoms with E-state index in [4.69, 9.17) is 20.8 Å². The Bertz CT molecular complexity index is 1630. The van der Waals surface area contributed by atoms with Gasteiger partial charge in [0.05, 0.1) is 45.9 Å². The highest BCUT2D eigenvalue weighted by Gasteiger charge is 2.28. The number of rotatable bonds is 14. The number of benzene rings is 3. The smallest absolute Gasteiger partial charge is 0.374 e. The van der Waals surface area contributed by atoms with E-state index in [0.29, 0.717) is 23.2 Å². The Balaban J connectivity index is 1.50. The van der Waals surface area contributed by atoms with Crippen LogP contribution in [0, 0.1) is 0 Å². The summed E-state index contributed by atoms with van der Waals surface area (Å²) in [5.74, 6) is 2.84. The Hall–Kier alpha value is -3.31. The molecule has 44 heavy (non-hydrogen) atoms. The Labute approximate surface area is 268 Å². The zero-order valence-corrected chi connectivity index (χ0v) is 27.2. The van der Waals surface area contributed by atoms with Crippen molar-refractivity contribution in [3.8, 4) is 16.9 Å². The van der Waals surface area contributed by atoms with Crippen LogP contribution in [0.1, 0.15) is 32.1 Å². The molecule has 0 amide bonds. The molecule has 5 rings (SSSR count). The first-order valence-corrected chi connectivity index (χ1v) is 16.1. The van der Waals surface area contributed by atoms with Crippen LogP contribution in [-0.4, -0.2) is 44.5 Å². The third-order valence-electron chi connectivity index (χ3n) is 7.45. The van der Waals surface area contributed by atoms with Crippen molar-refractivity contribution >= 4 is 46.5 Å². The lowest BCUT2D eigenvalue weighted by atomic mass is 10.1. The third kappa shape index (κ3) is 8.04. The van der Waals surface area contributed by atoms with Crippen LogP contribution >= 0.6 is 23.6 Å². The van der Waals surface area contributed by atoms with Crippen molar-refractivity contribution in [3.05, 3.63) is 95.2 Å². The lowest BCUT2D eigenvalue weighted by Crippen LogP contribution is -2.41. The van der Waals surface area contributed by atoms with E-state index in [1.54, 1.807) is 0 Å². The molecule has 3 aromatic carbocycles. The van der Waals surface area contributed by atoms with Gasteiger partial charge in [-0.3, -0.25) is 5.04 Å². The molecule has 4 aromatic rings. The summed E-state index contributed by atoms with van der Waals surface area (Å²) in [5, 5.41) is 14.3. The van der Waals surface area contributed by atoms with Gasteiger partial charge in [-0.1, -0.05) is 54.9 Å².